The summed E-state index contributed by atoms with van der Waals surface area (Å²) in [5.41, 5.74) is 2.15. The van der Waals surface area contributed by atoms with Gasteiger partial charge in [0.05, 0.1) is 19.3 Å². The fourth-order valence-electron chi connectivity index (χ4n) is 2.10. The van der Waals surface area contributed by atoms with Crippen LogP contribution in [-0.4, -0.2) is 36.8 Å². The molecule has 0 aliphatic heterocycles. The Bertz CT molecular complexity index is 483. The number of aliphatic hydroxyl groups excluding tert-OH is 1. The van der Waals surface area contributed by atoms with E-state index in [0.29, 0.717) is 6.42 Å². The van der Waals surface area contributed by atoms with Crippen molar-refractivity contribution in [2.24, 2.45) is 0 Å². The van der Waals surface area contributed by atoms with Gasteiger partial charge in [0.1, 0.15) is 5.75 Å². The minimum Gasteiger partial charge on any atom is -0.495 e. The van der Waals surface area contributed by atoms with E-state index in [0.717, 1.165) is 23.9 Å². The monoisotopic (exact) mass is 259 g/mol. The van der Waals surface area contributed by atoms with Crippen LogP contribution in [0, 0.1) is 11.8 Å². The lowest BCUT2D eigenvalue weighted by atomic mass is 10.1. The van der Waals surface area contributed by atoms with E-state index in [1.54, 1.807) is 7.11 Å². The number of nitrogens with zero attached hydrogens (tertiary/aromatic N) is 1. The van der Waals surface area contributed by atoms with Crippen molar-refractivity contribution in [3.05, 3.63) is 29.3 Å². The first-order chi connectivity index (χ1) is 9.24. The van der Waals surface area contributed by atoms with Gasteiger partial charge >= 0.3 is 0 Å². The van der Waals surface area contributed by atoms with Gasteiger partial charge in [-0.05, 0) is 37.6 Å². The van der Waals surface area contributed by atoms with Gasteiger partial charge in [0.15, 0.2) is 0 Å². The van der Waals surface area contributed by atoms with Crippen LogP contribution in [0.4, 0.5) is 0 Å². The van der Waals surface area contributed by atoms with Crippen LogP contribution in [0.5, 0.6) is 5.75 Å². The number of methoxy groups -OCH3 is 1. The SMILES string of the molecule is COc1ccc(CN(C)C2CC2)cc1C#CCCO. The van der Waals surface area contributed by atoms with Crippen molar-refractivity contribution < 1.29 is 9.84 Å². The summed E-state index contributed by atoms with van der Waals surface area (Å²) in [6.45, 7) is 1.04. The maximum Gasteiger partial charge on any atom is 0.134 e. The van der Waals surface area contributed by atoms with Crippen molar-refractivity contribution in [1.82, 2.24) is 4.90 Å². The highest BCUT2D eigenvalue weighted by Crippen LogP contribution is 2.27. The lowest BCUT2D eigenvalue weighted by Gasteiger charge is -2.16. The molecule has 0 heterocycles. The van der Waals surface area contributed by atoms with Crippen LogP contribution < -0.4 is 4.74 Å². The molecule has 0 spiro atoms. The van der Waals surface area contributed by atoms with Crippen LogP contribution in [0.1, 0.15) is 30.4 Å². The normalized spacial score (nSPS) is 14.1. The Hall–Kier alpha value is -1.50. The van der Waals surface area contributed by atoms with E-state index in [4.69, 9.17) is 9.84 Å². The van der Waals surface area contributed by atoms with E-state index in [9.17, 15) is 0 Å². The van der Waals surface area contributed by atoms with Crippen molar-refractivity contribution in [3.8, 4) is 17.6 Å². The summed E-state index contributed by atoms with van der Waals surface area (Å²) in [7, 11) is 3.82. The van der Waals surface area contributed by atoms with Crippen LogP contribution in [0.25, 0.3) is 0 Å². The highest BCUT2D eigenvalue weighted by Gasteiger charge is 2.25. The lowest BCUT2D eigenvalue weighted by Crippen LogP contribution is -2.19. The maximum atomic E-state index is 8.77. The molecular formula is C16H21NO2. The molecule has 0 bridgehead atoms. The van der Waals surface area contributed by atoms with Crippen LogP contribution in [0.3, 0.4) is 0 Å². The Kier molecular flexibility index (Phi) is 4.84. The molecule has 3 nitrogen and oxygen atoms in total. The minimum absolute atomic E-state index is 0.0967. The predicted octanol–water partition coefficient (Wildman–Crippen LogP) is 2.02. The molecule has 2 rings (SSSR count). The van der Waals surface area contributed by atoms with Gasteiger partial charge in [-0.3, -0.25) is 4.90 Å². The summed E-state index contributed by atoms with van der Waals surface area (Å²) in [5, 5.41) is 8.77. The van der Waals surface area contributed by atoms with Crippen LogP contribution in [0.2, 0.25) is 0 Å². The van der Waals surface area contributed by atoms with Gasteiger partial charge in [-0.15, -0.1) is 0 Å². The average Bonchev–Trinajstić information content (AvgIpc) is 3.24. The zero-order valence-electron chi connectivity index (χ0n) is 11.6. The highest BCUT2D eigenvalue weighted by molar-refractivity contribution is 5.48. The molecule has 1 aliphatic rings. The van der Waals surface area contributed by atoms with Crippen molar-refractivity contribution in [2.75, 3.05) is 20.8 Å². The molecule has 1 aromatic carbocycles. The maximum absolute atomic E-state index is 8.77. The third-order valence-electron chi connectivity index (χ3n) is 3.33. The number of hydrogen-bond acceptors (Lipinski definition) is 3. The first-order valence-corrected chi connectivity index (χ1v) is 6.71. The fraction of sp³-hybridized carbons (Fsp3) is 0.500. The van der Waals surface area contributed by atoms with Gasteiger partial charge < -0.3 is 9.84 Å². The molecule has 0 unspecified atom stereocenters. The van der Waals surface area contributed by atoms with Crippen LogP contribution in [0.15, 0.2) is 18.2 Å². The standard InChI is InChI=1S/C16H21NO2/c1-17(15-7-8-15)12-13-6-9-16(19-2)14(11-13)5-3-4-10-18/h6,9,11,15,18H,4,7-8,10,12H2,1-2H3. The molecule has 19 heavy (non-hydrogen) atoms. The van der Waals surface area contributed by atoms with Crippen LogP contribution in [-0.2, 0) is 6.54 Å². The molecule has 1 aliphatic carbocycles. The van der Waals surface area contributed by atoms with E-state index < -0.39 is 0 Å². The topological polar surface area (TPSA) is 32.7 Å². The van der Waals surface area contributed by atoms with Crippen molar-refractivity contribution >= 4 is 0 Å². The molecule has 0 amide bonds. The molecular weight excluding hydrogens is 238 g/mol. The molecule has 102 valence electrons. The summed E-state index contributed by atoms with van der Waals surface area (Å²) >= 11 is 0. The van der Waals surface area contributed by atoms with Gasteiger partial charge in [-0.1, -0.05) is 17.9 Å². The van der Waals surface area contributed by atoms with Gasteiger partial charge in [-0.25, -0.2) is 0 Å². The first kappa shape index (κ1) is 13.9. The van der Waals surface area contributed by atoms with E-state index in [-0.39, 0.29) is 6.61 Å². The number of aliphatic hydroxyl groups is 1. The van der Waals surface area contributed by atoms with Gasteiger partial charge in [0.2, 0.25) is 0 Å². The summed E-state index contributed by atoms with van der Waals surface area (Å²) < 4.78 is 5.32. The molecule has 0 saturated heterocycles. The third-order valence-corrected chi connectivity index (χ3v) is 3.33. The number of ether oxygens (including phenoxy) is 1. The average molecular weight is 259 g/mol. The molecule has 1 aromatic rings. The first-order valence-electron chi connectivity index (χ1n) is 6.71. The Labute approximate surface area is 115 Å². The number of rotatable bonds is 5. The van der Waals surface area contributed by atoms with Crippen molar-refractivity contribution in [2.45, 2.75) is 31.8 Å². The Balaban J connectivity index is 2.12. The quantitative estimate of drug-likeness (QED) is 0.821. The molecule has 0 atom stereocenters. The molecule has 0 aromatic heterocycles. The summed E-state index contributed by atoms with van der Waals surface area (Å²) in [5.74, 6) is 6.81. The third kappa shape index (κ3) is 3.99. The molecule has 1 fully saturated rings. The Morgan fingerprint density at radius 2 is 2.21 bits per heavy atom. The van der Waals surface area contributed by atoms with E-state index in [2.05, 4.69) is 35.9 Å². The molecule has 1 saturated carbocycles. The molecule has 3 heteroatoms. The van der Waals surface area contributed by atoms with Gasteiger partial charge in [0.25, 0.3) is 0 Å². The Morgan fingerprint density at radius 1 is 1.42 bits per heavy atom. The van der Waals surface area contributed by atoms with Crippen LogP contribution >= 0.6 is 0 Å². The molecule has 0 radical (unpaired) electrons. The number of benzene rings is 1. The zero-order valence-corrected chi connectivity index (χ0v) is 11.6. The molecule has 1 N–H and O–H groups in total. The largest absolute Gasteiger partial charge is 0.495 e. The van der Waals surface area contributed by atoms with Gasteiger partial charge in [-0.2, -0.15) is 0 Å². The lowest BCUT2D eigenvalue weighted by molar-refractivity contribution is 0.305. The Morgan fingerprint density at radius 3 is 2.84 bits per heavy atom. The fourth-order valence-corrected chi connectivity index (χ4v) is 2.10. The van der Waals surface area contributed by atoms with Crippen molar-refractivity contribution in [3.63, 3.8) is 0 Å². The van der Waals surface area contributed by atoms with Gasteiger partial charge in [0, 0.05) is 19.0 Å². The van der Waals surface area contributed by atoms with Crippen molar-refractivity contribution in [1.29, 1.82) is 0 Å². The summed E-state index contributed by atoms with van der Waals surface area (Å²) in [4.78, 5) is 2.38. The van der Waals surface area contributed by atoms with E-state index in [1.807, 2.05) is 6.07 Å². The smallest absolute Gasteiger partial charge is 0.134 e. The van der Waals surface area contributed by atoms with E-state index in [1.165, 1.54) is 18.4 Å². The second-order valence-electron chi connectivity index (χ2n) is 4.96. The number of hydrogen-bond donors (Lipinski definition) is 1. The summed E-state index contributed by atoms with van der Waals surface area (Å²) in [6.07, 6.45) is 3.13. The second kappa shape index (κ2) is 6.60. The summed E-state index contributed by atoms with van der Waals surface area (Å²) in [6, 6.07) is 6.90. The van der Waals surface area contributed by atoms with E-state index >= 15 is 0 Å². The minimum atomic E-state index is 0.0967. The predicted molar refractivity (Wildman–Crippen MR) is 76.1 cm³/mol. The second-order valence-corrected chi connectivity index (χ2v) is 4.96. The zero-order chi connectivity index (χ0) is 13.7. The highest BCUT2D eigenvalue weighted by atomic mass is 16.5.